The highest BCUT2D eigenvalue weighted by molar-refractivity contribution is 5.89. The predicted octanol–water partition coefficient (Wildman–Crippen LogP) is 4.31. The molecule has 1 N–H and O–H groups in total. The molecule has 0 aliphatic carbocycles. The Balaban J connectivity index is 1.42. The SMILES string of the molecule is Cc1ccc2c(CC(=O)N3CCC(Nc4ccccc4)C3)coc2c1C. The molecule has 3 aromatic rings. The third-order valence-corrected chi connectivity index (χ3v) is 5.37. The Morgan fingerprint density at radius 1 is 1.19 bits per heavy atom. The van der Waals surface area contributed by atoms with Crippen molar-refractivity contribution in [3.05, 3.63) is 65.4 Å². The molecule has 0 saturated carbocycles. The van der Waals surface area contributed by atoms with Crippen molar-refractivity contribution in [1.82, 2.24) is 4.90 Å². The van der Waals surface area contributed by atoms with E-state index in [9.17, 15) is 4.79 Å². The molecule has 1 amide bonds. The molecule has 1 aliphatic heterocycles. The van der Waals surface area contributed by atoms with E-state index in [1.807, 2.05) is 23.1 Å². The molecule has 2 heterocycles. The van der Waals surface area contributed by atoms with Gasteiger partial charge in [-0.25, -0.2) is 0 Å². The quantitative estimate of drug-likeness (QED) is 0.764. The molecule has 1 atom stereocenters. The van der Waals surface area contributed by atoms with Crippen molar-refractivity contribution >= 4 is 22.6 Å². The molecule has 1 fully saturated rings. The van der Waals surface area contributed by atoms with E-state index in [0.29, 0.717) is 12.5 Å². The van der Waals surface area contributed by atoms with Crippen molar-refractivity contribution in [3.63, 3.8) is 0 Å². The highest BCUT2D eigenvalue weighted by Gasteiger charge is 2.26. The molecule has 1 unspecified atom stereocenters. The van der Waals surface area contributed by atoms with Crippen LogP contribution in [-0.4, -0.2) is 29.9 Å². The van der Waals surface area contributed by atoms with Crippen molar-refractivity contribution in [2.45, 2.75) is 32.7 Å². The zero-order valence-corrected chi connectivity index (χ0v) is 15.3. The Kier molecular flexibility index (Phi) is 4.41. The lowest BCUT2D eigenvalue weighted by Crippen LogP contribution is -2.32. The Morgan fingerprint density at radius 2 is 2.00 bits per heavy atom. The highest BCUT2D eigenvalue weighted by atomic mass is 16.3. The van der Waals surface area contributed by atoms with Crippen LogP contribution in [0.4, 0.5) is 5.69 Å². The molecule has 1 saturated heterocycles. The fraction of sp³-hybridized carbons (Fsp3) is 0.318. The Bertz CT molecular complexity index is 930. The van der Waals surface area contributed by atoms with E-state index in [1.54, 1.807) is 6.26 Å². The lowest BCUT2D eigenvalue weighted by Gasteiger charge is -2.17. The molecular formula is C22H24N2O2. The molecule has 1 aliphatic rings. The van der Waals surface area contributed by atoms with Crippen molar-refractivity contribution < 1.29 is 9.21 Å². The van der Waals surface area contributed by atoms with Gasteiger partial charge in [0.25, 0.3) is 0 Å². The number of hydrogen-bond donors (Lipinski definition) is 1. The van der Waals surface area contributed by atoms with Crippen molar-refractivity contribution in [3.8, 4) is 0 Å². The first kappa shape index (κ1) is 16.7. The molecule has 4 nitrogen and oxygen atoms in total. The third kappa shape index (κ3) is 3.19. The van der Waals surface area contributed by atoms with Crippen LogP contribution in [0.1, 0.15) is 23.1 Å². The minimum absolute atomic E-state index is 0.170. The maximum atomic E-state index is 12.8. The number of furan rings is 1. The number of benzene rings is 2. The van der Waals surface area contributed by atoms with Crippen LogP contribution < -0.4 is 5.32 Å². The average Bonchev–Trinajstić information content (AvgIpc) is 3.27. The molecule has 26 heavy (non-hydrogen) atoms. The largest absolute Gasteiger partial charge is 0.464 e. The number of para-hydroxylation sites is 1. The number of fused-ring (bicyclic) bond motifs is 1. The molecule has 0 radical (unpaired) electrons. The van der Waals surface area contributed by atoms with Gasteiger partial charge in [0.15, 0.2) is 0 Å². The fourth-order valence-corrected chi connectivity index (χ4v) is 3.67. The van der Waals surface area contributed by atoms with Gasteiger partial charge in [0.2, 0.25) is 5.91 Å². The van der Waals surface area contributed by atoms with Gasteiger partial charge >= 0.3 is 0 Å². The first-order chi connectivity index (χ1) is 12.6. The van der Waals surface area contributed by atoms with Gasteiger partial charge in [-0.1, -0.05) is 30.3 Å². The highest BCUT2D eigenvalue weighted by Crippen LogP contribution is 2.27. The smallest absolute Gasteiger partial charge is 0.227 e. The summed E-state index contributed by atoms with van der Waals surface area (Å²) in [5, 5.41) is 4.57. The van der Waals surface area contributed by atoms with Gasteiger partial charge in [-0.3, -0.25) is 4.79 Å². The number of amides is 1. The van der Waals surface area contributed by atoms with Gasteiger partial charge in [0.1, 0.15) is 5.58 Å². The molecule has 4 heteroatoms. The molecule has 4 rings (SSSR count). The number of likely N-dealkylation sites (tertiary alicyclic amines) is 1. The fourth-order valence-electron chi connectivity index (χ4n) is 3.67. The van der Waals surface area contributed by atoms with Crippen molar-refractivity contribution in [1.29, 1.82) is 0 Å². The van der Waals surface area contributed by atoms with Gasteiger partial charge in [-0.05, 0) is 43.5 Å². The lowest BCUT2D eigenvalue weighted by molar-refractivity contribution is -0.129. The zero-order chi connectivity index (χ0) is 18.1. The summed E-state index contributed by atoms with van der Waals surface area (Å²) in [7, 11) is 0. The number of hydrogen-bond acceptors (Lipinski definition) is 3. The third-order valence-electron chi connectivity index (χ3n) is 5.37. The zero-order valence-electron chi connectivity index (χ0n) is 15.3. The van der Waals surface area contributed by atoms with E-state index < -0.39 is 0 Å². The molecule has 0 bridgehead atoms. The number of anilines is 1. The van der Waals surface area contributed by atoms with Gasteiger partial charge < -0.3 is 14.6 Å². The van der Waals surface area contributed by atoms with Crippen molar-refractivity contribution in [2.24, 2.45) is 0 Å². The van der Waals surface area contributed by atoms with Crippen LogP contribution in [0.3, 0.4) is 0 Å². The van der Waals surface area contributed by atoms with Gasteiger partial charge in [-0.15, -0.1) is 0 Å². The van der Waals surface area contributed by atoms with Gasteiger partial charge in [-0.2, -0.15) is 0 Å². The van der Waals surface area contributed by atoms with Crippen LogP contribution in [0.25, 0.3) is 11.0 Å². The van der Waals surface area contributed by atoms with Gasteiger partial charge in [0, 0.05) is 35.8 Å². The standard InChI is InChI=1S/C22H24N2O2/c1-15-8-9-20-17(14-26-22(20)16(15)2)12-21(25)24-11-10-19(13-24)23-18-6-4-3-5-7-18/h3-9,14,19,23H,10-13H2,1-2H3. The second-order valence-electron chi connectivity index (χ2n) is 7.16. The van der Waals surface area contributed by atoms with Gasteiger partial charge in [0.05, 0.1) is 12.7 Å². The topological polar surface area (TPSA) is 45.5 Å². The van der Waals surface area contributed by atoms with Crippen LogP contribution >= 0.6 is 0 Å². The Labute approximate surface area is 153 Å². The van der Waals surface area contributed by atoms with E-state index in [0.717, 1.165) is 47.3 Å². The number of rotatable bonds is 4. The number of carbonyl (C=O) groups excluding carboxylic acids is 1. The summed E-state index contributed by atoms with van der Waals surface area (Å²) in [5.74, 6) is 0.170. The maximum absolute atomic E-state index is 12.8. The maximum Gasteiger partial charge on any atom is 0.227 e. The molecule has 2 aromatic carbocycles. The molecular weight excluding hydrogens is 324 g/mol. The minimum atomic E-state index is 0.170. The first-order valence-electron chi connectivity index (χ1n) is 9.17. The first-order valence-corrected chi connectivity index (χ1v) is 9.17. The number of carbonyl (C=O) groups is 1. The summed E-state index contributed by atoms with van der Waals surface area (Å²) < 4.78 is 5.74. The van der Waals surface area contributed by atoms with E-state index in [2.05, 4.69) is 43.4 Å². The predicted molar refractivity (Wildman–Crippen MR) is 104 cm³/mol. The number of nitrogens with one attached hydrogen (secondary N) is 1. The monoisotopic (exact) mass is 348 g/mol. The summed E-state index contributed by atoms with van der Waals surface area (Å²) in [6.07, 6.45) is 3.11. The van der Waals surface area contributed by atoms with Crippen molar-refractivity contribution in [2.75, 3.05) is 18.4 Å². The molecule has 1 aromatic heterocycles. The second kappa shape index (κ2) is 6.87. The number of nitrogens with zero attached hydrogens (tertiary/aromatic N) is 1. The molecule has 134 valence electrons. The van der Waals surface area contributed by atoms with Crippen LogP contribution in [0.5, 0.6) is 0 Å². The normalized spacial score (nSPS) is 17.0. The Morgan fingerprint density at radius 3 is 2.81 bits per heavy atom. The van der Waals surface area contributed by atoms with E-state index in [4.69, 9.17) is 4.42 Å². The van der Waals surface area contributed by atoms with Crippen LogP contribution in [-0.2, 0) is 11.2 Å². The van der Waals surface area contributed by atoms with Crippen LogP contribution in [0.2, 0.25) is 0 Å². The Hall–Kier alpha value is -2.75. The van der Waals surface area contributed by atoms with E-state index in [1.165, 1.54) is 5.56 Å². The summed E-state index contributed by atoms with van der Waals surface area (Å²) in [5.41, 5.74) is 5.34. The minimum Gasteiger partial charge on any atom is -0.464 e. The van der Waals surface area contributed by atoms with Crippen LogP contribution in [0.15, 0.2) is 53.1 Å². The number of aryl methyl sites for hydroxylation is 2. The van der Waals surface area contributed by atoms with Crippen LogP contribution in [0, 0.1) is 13.8 Å². The summed E-state index contributed by atoms with van der Waals surface area (Å²) >= 11 is 0. The summed E-state index contributed by atoms with van der Waals surface area (Å²) in [4.78, 5) is 14.7. The average molecular weight is 348 g/mol. The lowest BCUT2D eigenvalue weighted by atomic mass is 10.0. The second-order valence-corrected chi connectivity index (χ2v) is 7.16. The molecule has 0 spiro atoms. The summed E-state index contributed by atoms with van der Waals surface area (Å²) in [6.45, 7) is 5.69. The van der Waals surface area contributed by atoms with E-state index >= 15 is 0 Å². The van der Waals surface area contributed by atoms with E-state index in [-0.39, 0.29) is 5.91 Å². The summed E-state index contributed by atoms with van der Waals surface area (Å²) in [6, 6.07) is 14.6.